The van der Waals surface area contributed by atoms with Crippen LogP contribution >= 0.6 is 0 Å². The number of nitrogens with zero attached hydrogens (tertiary/aromatic N) is 1. The van der Waals surface area contributed by atoms with Crippen LogP contribution in [0.15, 0.2) is 24.3 Å². The lowest BCUT2D eigenvalue weighted by Gasteiger charge is -2.23. The number of benzene rings is 1. The van der Waals surface area contributed by atoms with Crippen LogP contribution in [0.5, 0.6) is 0 Å². The van der Waals surface area contributed by atoms with Crippen molar-refractivity contribution in [2.45, 2.75) is 26.2 Å². The molecule has 1 aromatic rings. The zero-order chi connectivity index (χ0) is 15.0. The van der Waals surface area contributed by atoms with Gasteiger partial charge in [-0.05, 0) is 43.4 Å². The Morgan fingerprint density at radius 3 is 2.90 bits per heavy atom. The maximum absolute atomic E-state index is 12.3. The zero-order valence-corrected chi connectivity index (χ0v) is 12.1. The van der Waals surface area contributed by atoms with Gasteiger partial charge in [-0.25, -0.2) is 4.79 Å². The number of fused-ring (bicyclic) bond motifs is 1. The third-order valence-electron chi connectivity index (χ3n) is 4.85. The maximum Gasteiger partial charge on any atom is 0.321 e. The second kappa shape index (κ2) is 5.06. The first-order valence-electron chi connectivity index (χ1n) is 7.37. The molecule has 3 rings (SSSR count). The van der Waals surface area contributed by atoms with E-state index in [4.69, 9.17) is 0 Å². The Balaban J connectivity index is 1.71. The Morgan fingerprint density at radius 1 is 1.43 bits per heavy atom. The number of hydrogen-bond donors (Lipinski definition) is 2. The normalized spacial score (nSPS) is 27.5. The summed E-state index contributed by atoms with van der Waals surface area (Å²) in [6, 6.07) is 7.41. The Hall–Kier alpha value is -2.04. The number of carboxylic acid groups (broad SMARTS) is 1. The zero-order valence-electron chi connectivity index (χ0n) is 12.1. The molecule has 2 N–H and O–H groups in total. The van der Waals surface area contributed by atoms with Gasteiger partial charge in [0.05, 0.1) is 5.41 Å². The first kappa shape index (κ1) is 13.9. The smallest absolute Gasteiger partial charge is 0.321 e. The number of carbonyl (C=O) groups is 2. The van der Waals surface area contributed by atoms with Gasteiger partial charge in [-0.2, -0.15) is 0 Å². The van der Waals surface area contributed by atoms with Crippen LogP contribution in [0.1, 0.15) is 24.8 Å². The number of rotatable bonds is 2. The lowest BCUT2D eigenvalue weighted by molar-refractivity contribution is -0.149. The Kier molecular flexibility index (Phi) is 3.35. The summed E-state index contributed by atoms with van der Waals surface area (Å²) in [6.45, 7) is 2.84. The van der Waals surface area contributed by atoms with E-state index < -0.39 is 11.4 Å². The predicted octanol–water partition coefficient (Wildman–Crippen LogP) is 2.71. The number of amides is 2. The minimum atomic E-state index is -0.754. The maximum atomic E-state index is 12.3. The van der Waals surface area contributed by atoms with Gasteiger partial charge in [0.25, 0.3) is 0 Å². The van der Waals surface area contributed by atoms with Crippen LogP contribution in [0.4, 0.5) is 10.5 Å². The van der Waals surface area contributed by atoms with Crippen molar-refractivity contribution >= 4 is 17.7 Å². The molecule has 1 aromatic carbocycles. The van der Waals surface area contributed by atoms with E-state index in [9.17, 15) is 14.7 Å². The number of nitrogens with one attached hydrogen (secondary N) is 1. The molecule has 2 amide bonds. The number of aryl methyl sites for hydroxylation is 1. The summed E-state index contributed by atoms with van der Waals surface area (Å²) in [4.78, 5) is 25.6. The van der Waals surface area contributed by atoms with E-state index in [2.05, 4.69) is 5.32 Å². The molecule has 0 bridgehead atoms. The van der Waals surface area contributed by atoms with Gasteiger partial charge in [0.15, 0.2) is 0 Å². The molecule has 0 aromatic heterocycles. The highest BCUT2D eigenvalue weighted by atomic mass is 16.4. The molecule has 1 saturated heterocycles. The molecule has 5 heteroatoms. The molecule has 5 nitrogen and oxygen atoms in total. The Morgan fingerprint density at radius 2 is 2.24 bits per heavy atom. The molecule has 0 unspecified atom stereocenters. The number of carbonyl (C=O) groups excluding carboxylic acids is 1. The van der Waals surface area contributed by atoms with Crippen molar-refractivity contribution < 1.29 is 14.7 Å². The molecular weight excluding hydrogens is 268 g/mol. The van der Waals surface area contributed by atoms with Gasteiger partial charge >= 0.3 is 12.0 Å². The number of anilines is 1. The summed E-state index contributed by atoms with van der Waals surface area (Å²) in [5.74, 6) is -0.658. The summed E-state index contributed by atoms with van der Waals surface area (Å²) in [5, 5.41) is 12.4. The highest BCUT2D eigenvalue weighted by molar-refractivity contribution is 5.90. The fraction of sp³-hybridized carbons (Fsp3) is 0.500. The fourth-order valence-corrected chi connectivity index (χ4v) is 3.72. The molecule has 1 aliphatic heterocycles. The highest BCUT2D eigenvalue weighted by Gasteiger charge is 2.55. The Labute approximate surface area is 123 Å². The monoisotopic (exact) mass is 288 g/mol. The summed E-state index contributed by atoms with van der Waals surface area (Å²) in [6.07, 6.45) is 2.53. The van der Waals surface area contributed by atoms with Gasteiger partial charge in [-0.3, -0.25) is 4.79 Å². The quantitative estimate of drug-likeness (QED) is 0.879. The van der Waals surface area contributed by atoms with Gasteiger partial charge in [0.1, 0.15) is 0 Å². The second-order valence-electron chi connectivity index (χ2n) is 6.23. The van der Waals surface area contributed by atoms with Crippen LogP contribution < -0.4 is 5.32 Å². The predicted molar refractivity (Wildman–Crippen MR) is 79.2 cm³/mol. The second-order valence-corrected chi connectivity index (χ2v) is 6.23. The number of likely N-dealkylation sites (tertiary alicyclic amines) is 1. The SMILES string of the molecule is Cc1cccc(NC(=O)N2C[C@@H]3CCC[C@@]3(C(=O)O)C2)c1. The average molecular weight is 288 g/mol. The van der Waals surface area contributed by atoms with Gasteiger partial charge in [-0.15, -0.1) is 0 Å². The van der Waals surface area contributed by atoms with E-state index in [-0.39, 0.29) is 11.9 Å². The van der Waals surface area contributed by atoms with E-state index in [0.29, 0.717) is 19.5 Å². The van der Waals surface area contributed by atoms with Crippen molar-refractivity contribution in [2.75, 3.05) is 18.4 Å². The molecule has 21 heavy (non-hydrogen) atoms. The minimum absolute atomic E-state index is 0.0956. The van der Waals surface area contributed by atoms with Crippen molar-refractivity contribution in [3.63, 3.8) is 0 Å². The number of hydrogen-bond acceptors (Lipinski definition) is 2. The molecule has 2 fully saturated rings. The third kappa shape index (κ3) is 2.37. The molecular formula is C16H20N2O3. The van der Waals surface area contributed by atoms with Gasteiger partial charge in [0, 0.05) is 18.8 Å². The standard InChI is InChI=1S/C16H20N2O3/c1-11-4-2-6-13(8-11)17-15(21)18-9-12-5-3-7-16(12,10-18)14(19)20/h2,4,6,8,12H,3,5,7,9-10H2,1H3,(H,17,21)(H,19,20)/t12-,16+/m0/s1. The molecule has 1 saturated carbocycles. The summed E-state index contributed by atoms with van der Waals surface area (Å²) < 4.78 is 0. The van der Waals surface area contributed by atoms with E-state index >= 15 is 0 Å². The van der Waals surface area contributed by atoms with Crippen molar-refractivity contribution in [1.29, 1.82) is 0 Å². The van der Waals surface area contributed by atoms with Crippen LogP contribution in [0.2, 0.25) is 0 Å². The Bertz CT molecular complexity index is 587. The van der Waals surface area contributed by atoms with Crippen LogP contribution in [-0.4, -0.2) is 35.1 Å². The lowest BCUT2D eigenvalue weighted by Crippen LogP contribution is -2.38. The number of urea groups is 1. The van der Waals surface area contributed by atoms with Gasteiger partial charge < -0.3 is 15.3 Å². The highest BCUT2D eigenvalue weighted by Crippen LogP contribution is 2.48. The van der Waals surface area contributed by atoms with E-state index in [1.54, 1.807) is 4.90 Å². The number of aliphatic carboxylic acids is 1. The number of carboxylic acids is 1. The van der Waals surface area contributed by atoms with Crippen LogP contribution in [0.3, 0.4) is 0 Å². The van der Waals surface area contributed by atoms with Crippen LogP contribution in [0, 0.1) is 18.3 Å². The molecule has 0 spiro atoms. The van der Waals surface area contributed by atoms with Crippen molar-refractivity contribution in [2.24, 2.45) is 11.3 Å². The van der Waals surface area contributed by atoms with Gasteiger partial charge in [0.2, 0.25) is 0 Å². The molecule has 0 radical (unpaired) electrons. The molecule has 2 atom stereocenters. The third-order valence-corrected chi connectivity index (χ3v) is 4.85. The molecule has 1 heterocycles. The lowest BCUT2D eigenvalue weighted by atomic mass is 9.81. The summed E-state index contributed by atoms with van der Waals surface area (Å²) >= 11 is 0. The van der Waals surface area contributed by atoms with E-state index in [0.717, 1.165) is 24.1 Å². The van der Waals surface area contributed by atoms with Crippen LogP contribution in [-0.2, 0) is 4.79 Å². The van der Waals surface area contributed by atoms with E-state index in [1.807, 2.05) is 31.2 Å². The summed E-state index contributed by atoms with van der Waals surface area (Å²) in [5.41, 5.74) is 1.11. The fourth-order valence-electron chi connectivity index (χ4n) is 3.72. The first-order valence-corrected chi connectivity index (χ1v) is 7.37. The average Bonchev–Trinajstić information content (AvgIpc) is 2.95. The first-order chi connectivity index (χ1) is 10.0. The largest absolute Gasteiger partial charge is 0.481 e. The van der Waals surface area contributed by atoms with E-state index in [1.165, 1.54) is 0 Å². The van der Waals surface area contributed by atoms with Crippen molar-refractivity contribution in [1.82, 2.24) is 4.90 Å². The molecule has 1 aliphatic carbocycles. The van der Waals surface area contributed by atoms with Crippen LogP contribution in [0.25, 0.3) is 0 Å². The minimum Gasteiger partial charge on any atom is -0.481 e. The van der Waals surface area contributed by atoms with Crippen molar-refractivity contribution in [3.8, 4) is 0 Å². The molecule has 2 aliphatic rings. The summed E-state index contributed by atoms with van der Waals surface area (Å²) in [7, 11) is 0. The molecule has 112 valence electrons. The van der Waals surface area contributed by atoms with Gasteiger partial charge in [-0.1, -0.05) is 18.6 Å². The topological polar surface area (TPSA) is 69.6 Å². The van der Waals surface area contributed by atoms with Crippen molar-refractivity contribution in [3.05, 3.63) is 29.8 Å².